The summed E-state index contributed by atoms with van der Waals surface area (Å²) < 4.78 is 33.2. The second-order valence-corrected chi connectivity index (χ2v) is 10.1. The van der Waals surface area contributed by atoms with E-state index in [-0.39, 0.29) is 32.7 Å². The summed E-state index contributed by atoms with van der Waals surface area (Å²) in [6.45, 7) is 1.69. The molecule has 9 nitrogen and oxygen atoms in total. The molecular formula is C22H20ClN3O6S2. The molecule has 3 rings (SSSR count). The number of hydrogen-bond acceptors (Lipinski definition) is 7. The first-order valence-electron chi connectivity index (χ1n) is 9.89. The van der Waals surface area contributed by atoms with Crippen molar-refractivity contribution >= 4 is 56.7 Å². The minimum atomic E-state index is -3.94. The van der Waals surface area contributed by atoms with Crippen LogP contribution in [0.15, 0.2) is 69.3 Å². The number of carboxylic acid groups (broad SMARTS) is 1. The van der Waals surface area contributed by atoms with Crippen LogP contribution < -0.4 is 14.9 Å². The number of para-hydroxylation sites is 2. The van der Waals surface area contributed by atoms with Crippen molar-refractivity contribution in [1.29, 1.82) is 0 Å². The molecule has 3 aromatic rings. The van der Waals surface area contributed by atoms with Gasteiger partial charge in [-0.3, -0.25) is 9.52 Å². The molecule has 0 aliphatic rings. The zero-order chi connectivity index (χ0) is 24.7. The maximum absolute atomic E-state index is 12.8. The van der Waals surface area contributed by atoms with E-state index in [1.54, 1.807) is 42.6 Å². The highest BCUT2D eigenvalue weighted by molar-refractivity contribution is 7.94. The number of hydrogen-bond donors (Lipinski definition) is 3. The number of hydrazone groups is 1. The van der Waals surface area contributed by atoms with Crippen molar-refractivity contribution in [3.63, 3.8) is 0 Å². The summed E-state index contributed by atoms with van der Waals surface area (Å²) >= 11 is 7.20. The van der Waals surface area contributed by atoms with Gasteiger partial charge in [0, 0.05) is 5.56 Å². The second kappa shape index (κ2) is 11.1. The molecule has 0 spiro atoms. The third-order valence-corrected chi connectivity index (χ3v) is 7.52. The van der Waals surface area contributed by atoms with Gasteiger partial charge in [-0.15, -0.1) is 11.3 Å². The highest BCUT2D eigenvalue weighted by Gasteiger charge is 2.22. The third kappa shape index (κ3) is 6.13. The van der Waals surface area contributed by atoms with Crippen LogP contribution in [-0.4, -0.2) is 37.7 Å². The van der Waals surface area contributed by atoms with Crippen LogP contribution in [0.5, 0.6) is 5.75 Å². The first kappa shape index (κ1) is 25.2. The van der Waals surface area contributed by atoms with Crippen LogP contribution in [0.25, 0.3) is 0 Å². The maximum atomic E-state index is 12.8. The molecule has 3 N–H and O–H groups in total. The quantitative estimate of drug-likeness (QED) is 0.270. The summed E-state index contributed by atoms with van der Waals surface area (Å²) in [6.07, 6.45) is 0.521. The van der Waals surface area contributed by atoms with Crippen molar-refractivity contribution in [2.75, 3.05) is 4.72 Å². The van der Waals surface area contributed by atoms with E-state index in [0.29, 0.717) is 5.56 Å². The number of rotatable bonds is 10. The van der Waals surface area contributed by atoms with Gasteiger partial charge in [-0.1, -0.05) is 42.8 Å². The van der Waals surface area contributed by atoms with E-state index in [1.807, 2.05) is 0 Å². The highest BCUT2D eigenvalue weighted by atomic mass is 35.5. The van der Waals surface area contributed by atoms with Gasteiger partial charge < -0.3 is 9.84 Å². The Morgan fingerprint density at radius 1 is 1.18 bits per heavy atom. The van der Waals surface area contributed by atoms with Crippen LogP contribution in [0.2, 0.25) is 5.02 Å². The standard InChI is InChI=1S/C22H20ClN3O6S2/c1-2-17(22(28)29)32-18-10-4-3-7-14(18)13-24-25-21(27)15-8-5-9-16(23)20(15)26-34(30,31)19-11-6-12-33-19/h3-13,17,26H,2H2,1H3,(H,25,27)(H,28,29)/b24-13-. The van der Waals surface area contributed by atoms with Gasteiger partial charge in [0.1, 0.15) is 9.96 Å². The van der Waals surface area contributed by atoms with Crippen molar-refractivity contribution < 1.29 is 27.9 Å². The number of benzene rings is 2. The summed E-state index contributed by atoms with van der Waals surface area (Å²) in [5, 5.41) is 14.8. The van der Waals surface area contributed by atoms with Gasteiger partial charge in [0.15, 0.2) is 6.10 Å². The van der Waals surface area contributed by atoms with Crippen molar-refractivity contribution in [3.8, 4) is 5.75 Å². The van der Waals surface area contributed by atoms with Gasteiger partial charge in [-0.25, -0.2) is 18.6 Å². The van der Waals surface area contributed by atoms with Crippen molar-refractivity contribution in [2.45, 2.75) is 23.7 Å². The zero-order valence-corrected chi connectivity index (χ0v) is 20.2. The lowest BCUT2D eigenvalue weighted by atomic mass is 10.2. The van der Waals surface area contributed by atoms with E-state index in [4.69, 9.17) is 16.3 Å². The molecule has 178 valence electrons. The highest BCUT2D eigenvalue weighted by Crippen LogP contribution is 2.29. The molecular weight excluding hydrogens is 502 g/mol. The summed E-state index contributed by atoms with van der Waals surface area (Å²) in [5.74, 6) is -1.53. The monoisotopic (exact) mass is 521 g/mol. The number of thiophene rings is 1. The van der Waals surface area contributed by atoms with E-state index in [1.165, 1.54) is 30.5 Å². The Kier molecular flexibility index (Phi) is 8.26. The number of carbonyl (C=O) groups excluding carboxylic acids is 1. The topological polar surface area (TPSA) is 134 Å². The molecule has 1 amide bonds. The Bertz CT molecular complexity index is 1310. The van der Waals surface area contributed by atoms with Crippen molar-refractivity contribution in [3.05, 3.63) is 76.1 Å². The molecule has 0 bridgehead atoms. The summed E-state index contributed by atoms with van der Waals surface area (Å²) in [5.41, 5.74) is 2.64. The number of nitrogens with one attached hydrogen (secondary N) is 2. The zero-order valence-electron chi connectivity index (χ0n) is 17.8. The minimum absolute atomic E-state index is 0.0359. The fourth-order valence-corrected chi connectivity index (χ4v) is 5.17. The number of sulfonamides is 1. The molecule has 1 aromatic heterocycles. The second-order valence-electron chi connectivity index (χ2n) is 6.79. The fourth-order valence-electron chi connectivity index (χ4n) is 2.79. The smallest absolute Gasteiger partial charge is 0.344 e. The number of amides is 1. The number of ether oxygens (including phenoxy) is 1. The van der Waals surface area contributed by atoms with E-state index in [0.717, 1.165) is 11.3 Å². The molecule has 0 saturated heterocycles. The van der Waals surface area contributed by atoms with Crippen molar-refractivity contribution in [1.82, 2.24) is 5.43 Å². The van der Waals surface area contributed by atoms with Crippen LogP contribution >= 0.6 is 22.9 Å². The molecule has 0 saturated carbocycles. The van der Waals surface area contributed by atoms with Crippen LogP contribution in [0, 0.1) is 0 Å². The normalized spacial score (nSPS) is 12.3. The molecule has 1 atom stereocenters. The predicted molar refractivity (Wildman–Crippen MR) is 130 cm³/mol. The Morgan fingerprint density at radius 3 is 2.62 bits per heavy atom. The Balaban J connectivity index is 1.79. The first-order chi connectivity index (χ1) is 16.2. The van der Waals surface area contributed by atoms with Gasteiger partial charge in [0.25, 0.3) is 15.9 Å². The molecule has 0 fully saturated rings. The molecule has 2 aromatic carbocycles. The lowest BCUT2D eigenvalue weighted by Crippen LogP contribution is -2.26. The molecule has 0 radical (unpaired) electrons. The van der Waals surface area contributed by atoms with Crippen molar-refractivity contribution in [2.24, 2.45) is 5.10 Å². The summed E-state index contributed by atoms with van der Waals surface area (Å²) in [4.78, 5) is 24.0. The number of carbonyl (C=O) groups is 2. The Labute approximate surface area is 205 Å². The van der Waals surface area contributed by atoms with Crippen LogP contribution in [-0.2, 0) is 14.8 Å². The molecule has 0 aliphatic heterocycles. The lowest BCUT2D eigenvalue weighted by molar-refractivity contribution is -0.145. The summed E-state index contributed by atoms with van der Waals surface area (Å²) in [6, 6.07) is 14.0. The maximum Gasteiger partial charge on any atom is 0.344 e. The first-order valence-corrected chi connectivity index (χ1v) is 12.6. The average Bonchev–Trinajstić information content (AvgIpc) is 3.35. The lowest BCUT2D eigenvalue weighted by Gasteiger charge is -2.15. The van der Waals surface area contributed by atoms with Gasteiger partial charge in [0.2, 0.25) is 0 Å². The third-order valence-electron chi connectivity index (χ3n) is 4.46. The minimum Gasteiger partial charge on any atom is -0.479 e. The van der Waals surface area contributed by atoms with Gasteiger partial charge in [-0.2, -0.15) is 5.10 Å². The number of nitrogens with zero attached hydrogens (tertiary/aromatic N) is 1. The number of anilines is 1. The average molecular weight is 522 g/mol. The number of aliphatic carboxylic acids is 1. The molecule has 1 heterocycles. The Morgan fingerprint density at radius 2 is 1.94 bits per heavy atom. The molecule has 1 unspecified atom stereocenters. The van der Waals surface area contributed by atoms with Gasteiger partial charge in [0.05, 0.1) is 22.5 Å². The number of carboxylic acids is 1. The van der Waals surface area contributed by atoms with E-state index in [9.17, 15) is 23.1 Å². The van der Waals surface area contributed by atoms with Crippen LogP contribution in [0.1, 0.15) is 29.3 Å². The van der Waals surface area contributed by atoms with Crippen LogP contribution in [0.4, 0.5) is 5.69 Å². The fraction of sp³-hybridized carbons (Fsp3) is 0.136. The van der Waals surface area contributed by atoms with Crippen LogP contribution in [0.3, 0.4) is 0 Å². The Hall–Kier alpha value is -3.41. The molecule has 12 heteroatoms. The predicted octanol–water partition coefficient (Wildman–Crippen LogP) is 4.21. The SMILES string of the molecule is CCC(Oc1ccccc1/C=N\NC(=O)c1cccc(Cl)c1NS(=O)(=O)c1cccs1)C(=O)O. The summed E-state index contributed by atoms with van der Waals surface area (Å²) in [7, 11) is -3.94. The molecule has 34 heavy (non-hydrogen) atoms. The van der Waals surface area contributed by atoms with E-state index < -0.39 is 28.0 Å². The van der Waals surface area contributed by atoms with Gasteiger partial charge in [-0.05, 0) is 42.1 Å². The molecule has 0 aliphatic carbocycles. The largest absolute Gasteiger partial charge is 0.479 e. The van der Waals surface area contributed by atoms with E-state index >= 15 is 0 Å². The number of halogens is 1. The van der Waals surface area contributed by atoms with Gasteiger partial charge >= 0.3 is 5.97 Å². The van der Waals surface area contributed by atoms with E-state index in [2.05, 4.69) is 15.2 Å².